The van der Waals surface area contributed by atoms with Gasteiger partial charge in [0.2, 0.25) is 10.0 Å². The molecule has 2 aromatic rings. The molecule has 6 nitrogen and oxygen atoms in total. The Kier molecular flexibility index (Phi) is 5.40. The van der Waals surface area contributed by atoms with Crippen molar-refractivity contribution in [1.29, 1.82) is 0 Å². The van der Waals surface area contributed by atoms with Gasteiger partial charge in [0.25, 0.3) is 5.91 Å². The Morgan fingerprint density at radius 3 is 2.69 bits per heavy atom. The Hall–Kier alpha value is -1.96. The summed E-state index contributed by atoms with van der Waals surface area (Å²) >= 11 is 6.05. The number of aromatic nitrogens is 1. The Labute approximate surface area is 176 Å². The average Bonchev–Trinajstić information content (AvgIpc) is 2.64. The van der Waals surface area contributed by atoms with Crippen LogP contribution in [0.2, 0.25) is 5.02 Å². The number of anilines is 1. The molecule has 1 saturated heterocycles. The summed E-state index contributed by atoms with van der Waals surface area (Å²) in [5.74, 6) is 0.236. The zero-order valence-corrected chi connectivity index (χ0v) is 18.1. The second-order valence-electron chi connectivity index (χ2n) is 8.04. The minimum absolute atomic E-state index is 0.0419. The zero-order chi connectivity index (χ0) is 20.8. The third-order valence-corrected chi connectivity index (χ3v) is 8.09. The molecule has 0 atom stereocenters. The van der Waals surface area contributed by atoms with Crippen LogP contribution in [0.5, 0.6) is 0 Å². The summed E-state index contributed by atoms with van der Waals surface area (Å²) in [6.07, 6.45) is 5.00. The van der Waals surface area contributed by atoms with E-state index in [0.29, 0.717) is 30.2 Å². The van der Waals surface area contributed by atoms with Crippen LogP contribution in [0.15, 0.2) is 36.7 Å². The van der Waals surface area contributed by atoms with Gasteiger partial charge in [-0.25, -0.2) is 12.7 Å². The predicted molar refractivity (Wildman–Crippen MR) is 114 cm³/mol. The Morgan fingerprint density at radius 1 is 1.21 bits per heavy atom. The van der Waals surface area contributed by atoms with Crippen molar-refractivity contribution in [2.45, 2.75) is 31.9 Å². The quantitative estimate of drug-likeness (QED) is 0.726. The highest BCUT2D eigenvalue weighted by atomic mass is 35.5. The van der Waals surface area contributed by atoms with Crippen molar-refractivity contribution < 1.29 is 13.2 Å². The highest BCUT2D eigenvalue weighted by Gasteiger charge is 2.37. The van der Waals surface area contributed by atoms with Gasteiger partial charge in [0.15, 0.2) is 0 Å². The van der Waals surface area contributed by atoms with Crippen LogP contribution in [0.1, 0.15) is 35.3 Å². The van der Waals surface area contributed by atoms with Gasteiger partial charge in [0.05, 0.1) is 17.1 Å². The first-order valence-corrected chi connectivity index (χ1v) is 11.7. The van der Waals surface area contributed by atoms with Gasteiger partial charge in [-0.3, -0.25) is 9.78 Å². The van der Waals surface area contributed by atoms with Gasteiger partial charge < -0.3 is 4.90 Å². The van der Waals surface area contributed by atoms with E-state index >= 15 is 0 Å². The molecule has 4 rings (SSSR count). The lowest BCUT2D eigenvalue weighted by Gasteiger charge is -2.39. The molecule has 2 aliphatic rings. The van der Waals surface area contributed by atoms with Crippen LogP contribution < -0.4 is 4.90 Å². The number of hydrogen-bond acceptors (Lipinski definition) is 4. The molecule has 8 heteroatoms. The molecule has 0 bridgehead atoms. The van der Waals surface area contributed by atoms with E-state index in [2.05, 4.69) is 4.98 Å². The Balaban J connectivity index is 1.45. The number of hydrogen-bond donors (Lipinski definition) is 0. The van der Waals surface area contributed by atoms with Gasteiger partial charge in [-0.1, -0.05) is 11.6 Å². The van der Waals surface area contributed by atoms with Gasteiger partial charge in [0, 0.05) is 36.4 Å². The largest absolute Gasteiger partial charge is 0.306 e. The number of amides is 1. The molecule has 2 aliphatic heterocycles. The fraction of sp³-hybridized carbons (Fsp3) is 0.429. The smallest absolute Gasteiger partial charge is 0.258 e. The molecule has 1 amide bonds. The third-order valence-electron chi connectivity index (χ3n) is 5.64. The summed E-state index contributed by atoms with van der Waals surface area (Å²) in [6, 6.07) is 7.37. The lowest BCUT2D eigenvalue weighted by atomic mass is 9.94. The molecule has 1 aromatic heterocycles. The van der Waals surface area contributed by atoms with Crippen molar-refractivity contribution in [3.8, 4) is 0 Å². The molecule has 0 saturated carbocycles. The summed E-state index contributed by atoms with van der Waals surface area (Å²) in [6.45, 7) is 5.08. The normalized spacial score (nSPS) is 18.1. The maximum absolute atomic E-state index is 12.9. The van der Waals surface area contributed by atoms with E-state index < -0.39 is 15.3 Å². The second-order valence-corrected chi connectivity index (χ2v) is 11.0. The molecule has 0 N–H and O–H groups in total. The van der Waals surface area contributed by atoms with Crippen LogP contribution in [0.3, 0.4) is 0 Å². The van der Waals surface area contributed by atoms with E-state index in [0.717, 1.165) is 29.7 Å². The van der Waals surface area contributed by atoms with Crippen molar-refractivity contribution in [3.63, 3.8) is 0 Å². The van der Waals surface area contributed by atoms with Crippen LogP contribution in [-0.4, -0.2) is 48.5 Å². The highest BCUT2D eigenvalue weighted by molar-refractivity contribution is 7.89. The number of halogens is 1. The van der Waals surface area contributed by atoms with Crippen molar-refractivity contribution in [3.05, 3.63) is 58.4 Å². The molecule has 0 spiro atoms. The van der Waals surface area contributed by atoms with E-state index in [9.17, 15) is 13.2 Å². The number of carbonyl (C=O) groups excluding carboxylic acids is 1. The lowest BCUT2D eigenvalue weighted by Crippen LogP contribution is -2.52. The summed E-state index contributed by atoms with van der Waals surface area (Å²) in [4.78, 5) is 19.0. The second kappa shape index (κ2) is 7.70. The van der Waals surface area contributed by atoms with Crippen molar-refractivity contribution in [2.24, 2.45) is 5.92 Å². The highest BCUT2D eigenvalue weighted by Crippen LogP contribution is 2.29. The maximum atomic E-state index is 12.9. The van der Waals surface area contributed by atoms with Crippen molar-refractivity contribution in [1.82, 2.24) is 9.29 Å². The molecule has 1 aromatic carbocycles. The number of nitrogens with zero attached hydrogens (tertiary/aromatic N) is 3. The molecular weight excluding hydrogens is 410 g/mol. The van der Waals surface area contributed by atoms with Gasteiger partial charge in [-0.15, -0.1) is 0 Å². The zero-order valence-electron chi connectivity index (χ0n) is 16.5. The number of benzene rings is 1. The first-order valence-electron chi connectivity index (χ1n) is 9.79. The number of pyridine rings is 1. The van der Waals surface area contributed by atoms with Crippen LogP contribution in [0.4, 0.5) is 5.69 Å². The molecule has 154 valence electrons. The summed E-state index contributed by atoms with van der Waals surface area (Å²) in [7, 11) is -3.17. The number of carbonyl (C=O) groups is 1. The predicted octanol–water partition coefficient (Wildman–Crippen LogP) is 3.15. The molecule has 0 radical (unpaired) electrons. The van der Waals surface area contributed by atoms with Gasteiger partial charge in [-0.05, 0) is 68.0 Å². The monoisotopic (exact) mass is 433 g/mol. The summed E-state index contributed by atoms with van der Waals surface area (Å²) in [5.41, 5.74) is 3.45. The first kappa shape index (κ1) is 20.3. The minimum atomic E-state index is -3.17. The Bertz CT molecular complexity index is 1050. The van der Waals surface area contributed by atoms with Crippen molar-refractivity contribution in [2.75, 3.05) is 24.5 Å². The Morgan fingerprint density at radius 2 is 1.97 bits per heavy atom. The number of rotatable bonds is 5. The first-order chi connectivity index (χ1) is 13.8. The molecule has 29 heavy (non-hydrogen) atoms. The van der Waals surface area contributed by atoms with E-state index in [4.69, 9.17) is 11.6 Å². The van der Waals surface area contributed by atoms with E-state index in [-0.39, 0.29) is 11.8 Å². The van der Waals surface area contributed by atoms with E-state index in [1.807, 2.05) is 12.1 Å². The third kappa shape index (κ3) is 3.91. The van der Waals surface area contributed by atoms with Crippen LogP contribution in [0.25, 0.3) is 0 Å². The van der Waals surface area contributed by atoms with Crippen LogP contribution >= 0.6 is 11.6 Å². The fourth-order valence-electron chi connectivity index (χ4n) is 3.93. The summed E-state index contributed by atoms with van der Waals surface area (Å²) < 4.78 is 25.9. The van der Waals surface area contributed by atoms with Gasteiger partial charge in [-0.2, -0.15) is 0 Å². The van der Waals surface area contributed by atoms with E-state index in [1.165, 1.54) is 0 Å². The van der Waals surface area contributed by atoms with Gasteiger partial charge in [0.1, 0.15) is 0 Å². The minimum Gasteiger partial charge on any atom is -0.306 e. The standard InChI is InChI=1S/C21H24ClN3O3S/c1-14(2)29(27,28)24-12-16(13-24)7-15-8-19(11-23-10-15)25-6-5-17-9-18(22)3-4-20(17)21(25)26/h3-4,8-11,14,16H,5-7,12-13H2,1-2H3. The SMILES string of the molecule is CC(C)S(=O)(=O)N1CC(Cc2cncc(N3CCc4cc(Cl)ccc4C3=O)c2)C1. The van der Waals surface area contributed by atoms with Crippen molar-refractivity contribution >= 4 is 33.2 Å². The summed E-state index contributed by atoms with van der Waals surface area (Å²) in [5, 5.41) is 0.249. The molecule has 0 aliphatic carbocycles. The lowest BCUT2D eigenvalue weighted by molar-refractivity contribution is 0.0980. The molecule has 1 fully saturated rings. The molecule has 3 heterocycles. The molecule has 0 unspecified atom stereocenters. The van der Waals surface area contributed by atoms with E-state index in [1.54, 1.807) is 47.6 Å². The fourth-order valence-corrected chi connectivity index (χ4v) is 5.56. The topological polar surface area (TPSA) is 70.6 Å². The van der Waals surface area contributed by atoms with Gasteiger partial charge >= 0.3 is 0 Å². The average molecular weight is 434 g/mol. The maximum Gasteiger partial charge on any atom is 0.258 e. The number of sulfonamides is 1. The van der Waals surface area contributed by atoms with Crippen LogP contribution in [0, 0.1) is 5.92 Å². The number of fused-ring (bicyclic) bond motifs is 1. The van der Waals surface area contributed by atoms with Crippen LogP contribution in [-0.2, 0) is 22.9 Å². The molecular formula is C21H24ClN3O3S.